The number of rotatable bonds is 7. The highest BCUT2D eigenvalue weighted by Gasteiger charge is 2.23. The first-order chi connectivity index (χ1) is 14.7. The Balaban J connectivity index is 1.29. The predicted octanol–water partition coefficient (Wildman–Crippen LogP) is 3.71. The summed E-state index contributed by atoms with van der Waals surface area (Å²) >= 11 is 0. The van der Waals surface area contributed by atoms with E-state index in [-0.39, 0.29) is 5.91 Å². The number of carbonyl (C=O) groups excluding carboxylic acids is 1. The lowest BCUT2D eigenvalue weighted by atomic mass is 10.2. The van der Waals surface area contributed by atoms with Gasteiger partial charge < -0.3 is 20.3 Å². The number of pyridine rings is 1. The molecule has 0 radical (unpaired) electrons. The first-order valence-electron chi connectivity index (χ1n) is 10.1. The normalized spacial score (nSPS) is 15.8. The van der Waals surface area contributed by atoms with Crippen LogP contribution >= 0.6 is 0 Å². The Bertz CT molecular complexity index is 959. The third-order valence-electron chi connectivity index (χ3n) is 5.31. The monoisotopic (exact) mass is 402 g/mol. The van der Waals surface area contributed by atoms with E-state index in [4.69, 9.17) is 4.74 Å². The highest BCUT2D eigenvalue weighted by Crippen LogP contribution is 2.19. The van der Waals surface area contributed by atoms with Crippen LogP contribution in [0.15, 0.2) is 72.9 Å². The molecule has 6 nitrogen and oxygen atoms in total. The van der Waals surface area contributed by atoms with Gasteiger partial charge >= 0.3 is 0 Å². The molecule has 1 saturated heterocycles. The lowest BCUT2D eigenvalue weighted by Crippen LogP contribution is -2.32. The first kappa shape index (κ1) is 19.9. The third-order valence-corrected chi connectivity index (χ3v) is 5.31. The number of nitrogens with one attached hydrogen (secondary N) is 2. The van der Waals surface area contributed by atoms with Crippen molar-refractivity contribution >= 4 is 17.4 Å². The zero-order valence-corrected chi connectivity index (χ0v) is 17.0. The number of methoxy groups -OCH3 is 1. The van der Waals surface area contributed by atoms with Gasteiger partial charge in [0.25, 0.3) is 5.91 Å². The van der Waals surface area contributed by atoms with Crippen molar-refractivity contribution in [3.63, 3.8) is 0 Å². The van der Waals surface area contributed by atoms with Crippen molar-refractivity contribution in [2.45, 2.75) is 19.0 Å². The van der Waals surface area contributed by atoms with Crippen LogP contribution in [0.1, 0.15) is 22.3 Å². The molecule has 0 spiro atoms. The molecule has 0 bridgehead atoms. The summed E-state index contributed by atoms with van der Waals surface area (Å²) in [6.45, 7) is 2.68. The highest BCUT2D eigenvalue weighted by atomic mass is 16.5. The molecule has 154 valence electrons. The smallest absolute Gasteiger partial charge is 0.257 e. The molecule has 4 rings (SSSR count). The van der Waals surface area contributed by atoms with Gasteiger partial charge in [0.2, 0.25) is 0 Å². The van der Waals surface area contributed by atoms with Crippen molar-refractivity contribution in [1.29, 1.82) is 0 Å². The van der Waals surface area contributed by atoms with E-state index in [1.807, 2.05) is 54.6 Å². The fourth-order valence-electron chi connectivity index (χ4n) is 3.57. The van der Waals surface area contributed by atoms with Gasteiger partial charge in [-0.05, 0) is 48.4 Å². The van der Waals surface area contributed by atoms with Gasteiger partial charge in [-0.2, -0.15) is 0 Å². The number of benzene rings is 2. The Kier molecular flexibility index (Phi) is 6.25. The fourth-order valence-corrected chi connectivity index (χ4v) is 3.57. The molecule has 1 aliphatic heterocycles. The summed E-state index contributed by atoms with van der Waals surface area (Å²) in [5.74, 6) is 1.62. The SMILES string of the molecule is COc1ccc(CNC2CCN(c3ccc(C(=O)Nc4ccccc4)cn3)C2)cc1. The molecule has 1 fully saturated rings. The number of anilines is 2. The Hall–Kier alpha value is -3.38. The van der Waals surface area contributed by atoms with Crippen LogP contribution in [0.3, 0.4) is 0 Å². The maximum atomic E-state index is 12.4. The number of para-hydroxylation sites is 1. The van der Waals surface area contributed by atoms with Crippen LogP contribution in [0, 0.1) is 0 Å². The van der Waals surface area contributed by atoms with Gasteiger partial charge in [-0.25, -0.2) is 4.98 Å². The van der Waals surface area contributed by atoms with E-state index < -0.39 is 0 Å². The molecule has 0 saturated carbocycles. The highest BCUT2D eigenvalue weighted by molar-refractivity contribution is 6.04. The summed E-state index contributed by atoms with van der Waals surface area (Å²) in [6.07, 6.45) is 2.71. The first-order valence-corrected chi connectivity index (χ1v) is 10.1. The number of ether oxygens (including phenoxy) is 1. The van der Waals surface area contributed by atoms with Crippen LogP contribution in [0.5, 0.6) is 5.75 Å². The predicted molar refractivity (Wildman–Crippen MR) is 119 cm³/mol. The molecule has 1 aliphatic rings. The quantitative estimate of drug-likeness (QED) is 0.631. The Morgan fingerprint density at radius 3 is 2.60 bits per heavy atom. The summed E-state index contributed by atoms with van der Waals surface area (Å²) in [5, 5.41) is 6.50. The molecule has 6 heteroatoms. The van der Waals surface area contributed by atoms with E-state index in [9.17, 15) is 4.79 Å². The molecular formula is C24H26N4O2. The van der Waals surface area contributed by atoms with E-state index in [1.54, 1.807) is 13.3 Å². The van der Waals surface area contributed by atoms with Gasteiger partial charge in [0.05, 0.1) is 12.7 Å². The van der Waals surface area contributed by atoms with Crippen molar-refractivity contribution in [3.05, 3.63) is 84.1 Å². The van der Waals surface area contributed by atoms with Crippen molar-refractivity contribution in [2.75, 3.05) is 30.4 Å². The molecule has 1 unspecified atom stereocenters. The zero-order chi connectivity index (χ0) is 20.8. The maximum Gasteiger partial charge on any atom is 0.257 e. The number of hydrogen-bond acceptors (Lipinski definition) is 5. The minimum atomic E-state index is -0.152. The van der Waals surface area contributed by atoms with Crippen LogP contribution in [-0.4, -0.2) is 37.1 Å². The molecule has 30 heavy (non-hydrogen) atoms. The van der Waals surface area contributed by atoms with E-state index in [0.717, 1.165) is 43.3 Å². The molecule has 2 heterocycles. The van der Waals surface area contributed by atoms with Gasteiger partial charge in [-0.15, -0.1) is 0 Å². The molecule has 2 aromatic carbocycles. The zero-order valence-electron chi connectivity index (χ0n) is 17.0. The average Bonchev–Trinajstić information content (AvgIpc) is 3.28. The Labute approximate surface area is 176 Å². The van der Waals surface area contributed by atoms with Crippen LogP contribution in [-0.2, 0) is 6.54 Å². The summed E-state index contributed by atoms with van der Waals surface area (Å²) in [4.78, 5) is 19.1. The minimum absolute atomic E-state index is 0.152. The number of hydrogen-bond donors (Lipinski definition) is 2. The standard InChI is InChI=1S/C24H26N4O2/c1-30-22-10-7-18(8-11-22)15-25-21-13-14-28(17-21)23-12-9-19(16-26-23)24(29)27-20-5-3-2-4-6-20/h2-12,16,21,25H,13-15,17H2,1H3,(H,27,29). The van der Waals surface area contributed by atoms with Gasteiger partial charge in [0.1, 0.15) is 11.6 Å². The van der Waals surface area contributed by atoms with E-state index >= 15 is 0 Å². The molecule has 1 atom stereocenters. The second kappa shape index (κ2) is 9.41. The maximum absolute atomic E-state index is 12.4. The molecule has 0 aliphatic carbocycles. The van der Waals surface area contributed by atoms with Gasteiger partial charge in [0.15, 0.2) is 0 Å². The Morgan fingerprint density at radius 1 is 1.10 bits per heavy atom. The van der Waals surface area contributed by atoms with Crippen LogP contribution in [0.2, 0.25) is 0 Å². The second-order valence-corrected chi connectivity index (χ2v) is 7.39. The summed E-state index contributed by atoms with van der Waals surface area (Å²) in [5.41, 5.74) is 2.56. The van der Waals surface area contributed by atoms with Crippen molar-refractivity contribution in [1.82, 2.24) is 10.3 Å². The lowest BCUT2D eigenvalue weighted by molar-refractivity contribution is 0.102. The average molecular weight is 402 g/mol. The van der Waals surface area contributed by atoms with Crippen LogP contribution in [0.4, 0.5) is 11.5 Å². The molecule has 2 N–H and O–H groups in total. The fraction of sp³-hybridized carbons (Fsp3) is 0.250. The molecular weight excluding hydrogens is 376 g/mol. The summed E-state index contributed by atoms with van der Waals surface area (Å²) < 4.78 is 5.20. The largest absolute Gasteiger partial charge is 0.497 e. The number of carbonyl (C=O) groups is 1. The Morgan fingerprint density at radius 2 is 1.90 bits per heavy atom. The third kappa shape index (κ3) is 4.96. The van der Waals surface area contributed by atoms with Crippen molar-refractivity contribution in [2.24, 2.45) is 0 Å². The summed E-state index contributed by atoms with van der Waals surface area (Å²) in [7, 11) is 1.68. The lowest BCUT2D eigenvalue weighted by Gasteiger charge is -2.18. The molecule has 3 aromatic rings. The summed E-state index contributed by atoms with van der Waals surface area (Å²) in [6, 6.07) is 21.7. The van der Waals surface area contributed by atoms with Gasteiger partial charge in [-0.3, -0.25) is 4.79 Å². The van der Waals surface area contributed by atoms with E-state index in [1.165, 1.54) is 5.56 Å². The van der Waals surface area contributed by atoms with Gasteiger partial charge in [-0.1, -0.05) is 30.3 Å². The van der Waals surface area contributed by atoms with Crippen LogP contribution < -0.4 is 20.3 Å². The van der Waals surface area contributed by atoms with Crippen molar-refractivity contribution in [3.8, 4) is 5.75 Å². The molecule has 1 amide bonds. The molecule has 1 aromatic heterocycles. The number of amides is 1. The van der Waals surface area contributed by atoms with Gasteiger partial charge in [0, 0.05) is 37.6 Å². The van der Waals surface area contributed by atoms with E-state index in [0.29, 0.717) is 11.6 Å². The number of aromatic nitrogens is 1. The number of nitrogens with zero attached hydrogens (tertiary/aromatic N) is 2. The second-order valence-electron chi connectivity index (χ2n) is 7.39. The van der Waals surface area contributed by atoms with E-state index in [2.05, 4.69) is 32.7 Å². The topological polar surface area (TPSA) is 66.5 Å². The van der Waals surface area contributed by atoms with Crippen molar-refractivity contribution < 1.29 is 9.53 Å². The minimum Gasteiger partial charge on any atom is -0.497 e. The van der Waals surface area contributed by atoms with Crippen LogP contribution in [0.25, 0.3) is 0 Å².